The molecule has 1 aromatic carbocycles. The van der Waals surface area contributed by atoms with Gasteiger partial charge in [0.05, 0.1) is 23.4 Å². The van der Waals surface area contributed by atoms with Crippen LogP contribution in [-0.4, -0.2) is 46.6 Å². The van der Waals surface area contributed by atoms with Crippen molar-refractivity contribution in [1.29, 1.82) is 0 Å². The third-order valence-electron chi connectivity index (χ3n) is 7.59. The highest BCUT2D eigenvalue weighted by atomic mass is 35.5. The Labute approximate surface area is 237 Å². The Morgan fingerprint density at radius 3 is 2.59 bits per heavy atom. The maximum atomic E-state index is 15.2. The molecule has 41 heavy (non-hydrogen) atoms. The van der Waals surface area contributed by atoms with Gasteiger partial charge in [-0.05, 0) is 55.9 Å². The largest absolute Gasteiger partial charge is 0.479 e. The van der Waals surface area contributed by atoms with Crippen LogP contribution in [0, 0.1) is 17.6 Å². The lowest BCUT2D eigenvalue weighted by atomic mass is 9.85. The first-order valence-corrected chi connectivity index (χ1v) is 13.2. The lowest BCUT2D eigenvalue weighted by Gasteiger charge is -2.32. The van der Waals surface area contributed by atoms with Crippen LogP contribution in [-0.2, 0) is 10.4 Å². The molecule has 2 N–H and O–H groups in total. The van der Waals surface area contributed by atoms with Crippen molar-refractivity contribution in [3.05, 3.63) is 81.8 Å². The topological polar surface area (TPSA) is 105 Å². The first kappa shape index (κ1) is 28.7. The average molecular weight is 593 g/mol. The highest BCUT2D eigenvalue weighted by Gasteiger charge is 2.53. The molecule has 2 amide bonds. The number of methoxy groups -OCH3 is 1. The minimum absolute atomic E-state index is 0.0296. The molecule has 1 saturated carbocycles. The molecule has 1 fully saturated rings. The summed E-state index contributed by atoms with van der Waals surface area (Å²) in [4.78, 5) is 35.0. The Bertz CT molecular complexity index is 1500. The number of alkyl halides is 2. The number of rotatable bonds is 7. The van der Waals surface area contributed by atoms with Crippen molar-refractivity contribution >= 4 is 29.1 Å². The zero-order valence-corrected chi connectivity index (χ0v) is 22.5. The molecule has 1 unspecified atom stereocenters. The van der Waals surface area contributed by atoms with Crippen molar-refractivity contribution in [2.75, 3.05) is 18.6 Å². The quantitative estimate of drug-likeness (QED) is 0.377. The maximum Gasteiger partial charge on any atom is 0.281 e. The van der Waals surface area contributed by atoms with Crippen molar-refractivity contribution in [2.45, 2.75) is 43.8 Å². The van der Waals surface area contributed by atoms with Gasteiger partial charge in [0.25, 0.3) is 24.1 Å². The fraction of sp³-hybridized carbons (Fsp3) is 0.357. The fourth-order valence-corrected chi connectivity index (χ4v) is 5.72. The number of anilines is 1. The zero-order valence-electron chi connectivity index (χ0n) is 21.7. The van der Waals surface area contributed by atoms with Crippen LogP contribution in [0.3, 0.4) is 0 Å². The molecule has 0 spiro atoms. The van der Waals surface area contributed by atoms with Crippen LogP contribution in [0.1, 0.15) is 59.3 Å². The zero-order chi connectivity index (χ0) is 29.5. The van der Waals surface area contributed by atoms with Crippen LogP contribution < -0.4 is 15.0 Å². The molecular weight excluding hydrogens is 568 g/mol. The predicted octanol–water partition coefficient (Wildman–Crippen LogP) is 4.93. The molecule has 3 heterocycles. The minimum Gasteiger partial charge on any atom is -0.479 e. The van der Waals surface area contributed by atoms with Gasteiger partial charge in [-0.2, -0.15) is 0 Å². The summed E-state index contributed by atoms with van der Waals surface area (Å²) in [5.41, 5.74) is -3.60. The normalized spacial score (nSPS) is 22.1. The van der Waals surface area contributed by atoms with Crippen molar-refractivity contribution in [1.82, 2.24) is 15.3 Å². The molecule has 5 rings (SSSR count). The van der Waals surface area contributed by atoms with Gasteiger partial charge in [0, 0.05) is 36.1 Å². The number of benzene rings is 1. The number of halogens is 5. The van der Waals surface area contributed by atoms with E-state index in [1.165, 1.54) is 30.3 Å². The Balaban J connectivity index is 1.32. The molecule has 13 heteroatoms. The lowest BCUT2D eigenvalue weighted by Crippen LogP contribution is -2.45. The molecule has 1 aliphatic carbocycles. The van der Waals surface area contributed by atoms with Crippen LogP contribution in [0.4, 0.5) is 23.2 Å². The van der Waals surface area contributed by atoms with Crippen LogP contribution >= 0.6 is 11.6 Å². The summed E-state index contributed by atoms with van der Waals surface area (Å²) < 4.78 is 61.1. The summed E-state index contributed by atoms with van der Waals surface area (Å²) in [6, 6.07) is 5.45. The van der Waals surface area contributed by atoms with Crippen LogP contribution in [0.5, 0.6) is 5.88 Å². The summed E-state index contributed by atoms with van der Waals surface area (Å²) in [5.74, 6) is -3.70. The van der Waals surface area contributed by atoms with E-state index in [2.05, 4.69) is 15.3 Å². The van der Waals surface area contributed by atoms with Crippen molar-refractivity contribution < 1.29 is 37.0 Å². The number of carbonyl (C=O) groups excluding carboxylic acids is 2. The number of amides is 2. The minimum atomic E-state index is -2.95. The SMILES string of the molecule is COc1nccc(C2(O)C(=O)N(C[C@H]3CC[C@H](NC(=O)c4cc(Cl)cnc4C(F)F)CC3)c3cc(F)ccc32)c1F. The second-order valence-electron chi connectivity index (χ2n) is 10.0. The highest BCUT2D eigenvalue weighted by Crippen LogP contribution is 2.47. The molecule has 8 nitrogen and oxygen atoms in total. The molecule has 0 radical (unpaired) electrons. The van der Waals surface area contributed by atoms with Gasteiger partial charge in [0.2, 0.25) is 0 Å². The summed E-state index contributed by atoms with van der Waals surface area (Å²) >= 11 is 5.86. The summed E-state index contributed by atoms with van der Waals surface area (Å²) in [6.07, 6.45) is 1.33. The van der Waals surface area contributed by atoms with E-state index in [1.807, 2.05) is 0 Å². The maximum absolute atomic E-state index is 15.2. The third kappa shape index (κ3) is 5.21. The number of pyridine rings is 2. The average Bonchev–Trinajstić information content (AvgIpc) is 3.15. The lowest BCUT2D eigenvalue weighted by molar-refractivity contribution is -0.132. The Hall–Kier alpha value is -3.77. The number of carbonyl (C=O) groups is 2. The van der Waals surface area contributed by atoms with Gasteiger partial charge in [0.15, 0.2) is 11.4 Å². The van der Waals surface area contributed by atoms with E-state index in [-0.39, 0.29) is 45.9 Å². The number of hydrogen-bond donors (Lipinski definition) is 2. The first-order chi connectivity index (χ1) is 19.5. The Kier molecular flexibility index (Phi) is 7.89. The van der Waals surface area contributed by atoms with E-state index in [0.29, 0.717) is 25.7 Å². The number of fused-ring (bicyclic) bond motifs is 1. The van der Waals surface area contributed by atoms with Crippen LogP contribution in [0.15, 0.2) is 42.7 Å². The van der Waals surface area contributed by atoms with Gasteiger partial charge in [-0.15, -0.1) is 0 Å². The van der Waals surface area contributed by atoms with E-state index in [9.17, 15) is 27.9 Å². The predicted molar refractivity (Wildman–Crippen MR) is 140 cm³/mol. The molecule has 0 saturated heterocycles. The summed E-state index contributed by atoms with van der Waals surface area (Å²) in [7, 11) is 1.20. The summed E-state index contributed by atoms with van der Waals surface area (Å²) in [5, 5.41) is 14.5. The van der Waals surface area contributed by atoms with Crippen LogP contribution in [0.2, 0.25) is 5.02 Å². The van der Waals surface area contributed by atoms with E-state index in [4.69, 9.17) is 16.3 Å². The fourth-order valence-electron chi connectivity index (χ4n) is 5.56. The van der Waals surface area contributed by atoms with Crippen molar-refractivity contribution in [3.63, 3.8) is 0 Å². The summed E-state index contributed by atoms with van der Waals surface area (Å²) in [6.45, 7) is 0.107. The molecule has 1 aliphatic heterocycles. The van der Waals surface area contributed by atoms with E-state index in [0.717, 1.165) is 24.4 Å². The number of aromatic nitrogens is 2. The number of nitrogens with one attached hydrogen (secondary N) is 1. The van der Waals surface area contributed by atoms with Gasteiger partial charge in [-0.3, -0.25) is 14.6 Å². The smallest absolute Gasteiger partial charge is 0.281 e. The molecular formula is C28H25ClF4N4O4. The highest BCUT2D eigenvalue weighted by molar-refractivity contribution is 6.30. The van der Waals surface area contributed by atoms with Gasteiger partial charge in [-0.25, -0.2) is 22.5 Å². The van der Waals surface area contributed by atoms with Gasteiger partial charge in [0.1, 0.15) is 11.5 Å². The van der Waals surface area contributed by atoms with E-state index in [1.54, 1.807) is 0 Å². The monoisotopic (exact) mass is 592 g/mol. The molecule has 2 aromatic heterocycles. The van der Waals surface area contributed by atoms with E-state index < -0.39 is 47.0 Å². The van der Waals surface area contributed by atoms with Crippen LogP contribution in [0.25, 0.3) is 0 Å². The Morgan fingerprint density at radius 2 is 1.90 bits per heavy atom. The molecule has 2 aliphatic rings. The van der Waals surface area contributed by atoms with Crippen molar-refractivity contribution in [2.24, 2.45) is 5.92 Å². The number of hydrogen-bond acceptors (Lipinski definition) is 6. The van der Waals surface area contributed by atoms with Gasteiger partial charge in [-0.1, -0.05) is 17.7 Å². The number of nitrogens with zero attached hydrogens (tertiary/aromatic N) is 3. The molecule has 216 valence electrons. The van der Waals surface area contributed by atoms with E-state index >= 15 is 4.39 Å². The second-order valence-corrected chi connectivity index (χ2v) is 10.5. The molecule has 3 aromatic rings. The number of aliphatic hydroxyl groups is 1. The van der Waals surface area contributed by atoms with Crippen molar-refractivity contribution in [3.8, 4) is 5.88 Å². The van der Waals surface area contributed by atoms with Gasteiger partial charge < -0.3 is 20.1 Å². The standard InChI is InChI=1S/C28H25ClF4N4O4/c1-41-26-22(31)20(8-9-34-26)28(40)19-7-4-16(30)11-21(19)37(27(28)39)13-14-2-5-17(6-3-14)36-25(38)18-10-15(29)12-35-23(18)24(32)33/h4,7-12,14,17,24,40H,2-3,5-6,13H2,1H3,(H,36,38)/t14-,17-,28?. The second kappa shape index (κ2) is 11.2. The Morgan fingerprint density at radius 1 is 1.17 bits per heavy atom. The first-order valence-electron chi connectivity index (χ1n) is 12.8. The third-order valence-corrected chi connectivity index (χ3v) is 7.80. The molecule has 0 bridgehead atoms. The molecule has 1 atom stereocenters. The van der Waals surface area contributed by atoms with Gasteiger partial charge >= 0.3 is 0 Å². The number of ether oxygens (including phenoxy) is 1.